The van der Waals surface area contributed by atoms with Gasteiger partial charge in [0.2, 0.25) is 5.91 Å². The van der Waals surface area contributed by atoms with E-state index in [1.54, 1.807) is 4.90 Å². The van der Waals surface area contributed by atoms with Crippen LogP contribution in [0, 0.1) is 0 Å². The van der Waals surface area contributed by atoms with E-state index in [4.69, 9.17) is 9.47 Å². The standard InChI is InChI=1S/C28H29F3N6O4/c29-28(30,31)19-6-7-25-23(10-19)26(38)37-15-22(40-16-20-12-32-34-33-20)11-24(37)27(39)36-9-8-35(14-21(36)17-41-25)13-18-4-2-1-3-5-18/h1-7,10,12,21-22,24H,8-9,11,13-17H2,(H,32,33,34)/t21-,22+,24-/m0/s1. The van der Waals surface area contributed by atoms with Crippen molar-refractivity contribution in [2.75, 3.05) is 32.8 Å². The molecule has 2 saturated heterocycles. The number of halogens is 3. The normalized spacial score (nSPS) is 23.5. The van der Waals surface area contributed by atoms with Gasteiger partial charge in [0.25, 0.3) is 5.91 Å². The fourth-order valence-corrected chi connectivity index (χ4v) is 5.74. The molecular formula is C28H29F3N6O4. The summed E-state index contributed by atoms with van der Waals surface area (Å²) in [7, 11) is 0. The maximum atomic E-state index is 14.0. The molecule has 3 aromatic rings. The SMILES string of the molecule is O=C1[C@@H]2C[C@@H](OCc3cn[nH]n3)CN2C(=O)c2cc(C(F)(F)F)ccc2OC[C@@H]2CN(Cc3ccccc3)CCN12. The van der Waals surface area contributed by atoms with E-state index in [2.05, 4.69) is 20.3 Å². The topological polar surface area (TPSA) is 104 Å². The quantitative estimate of drug-likeness (QED) is 0.503. The molecule has 0 radical (unpaired) electrons. The monoisotopic (exact) mass is 570 g/mol. The van der Waals surface area contributed by atoms with Crippen LogP contribution in [0.3, 0.4) is 0 Å². The van der Waals surface area contributed by atoms with Crippen molar-refractivity contribution in [1.29, 1.82) is 0 Å². The molecule has 3 atom stereocenters. The molecule has 2 aromatic carbocycles. The van der Waals surface area contributed by atoms with Crippen molar-refractivity contribution >= 4 is 11.8 Å². The van der Waals surface area contributed by atoms with E-state index in [0.717, 1.165) is 17.7 Å². The molecule has 0 bridgehead atoms. The van der Waals surface area contributed by atoms with E-state index in [0.29, 0.717) is 31.9 Å². The van der Waals surface area contributed by atoms with Crippen LogP contribution in [0.15, 0.2) is 54.7 Å². The fourth-order valence-electron chi connectivity index (χ4n) is 5.74. The van der Waals surface area contributed by atoms with Crippen molar-refractivity contribution in [2.45, 2.75) is 43.9 Å². The first-order chi connectivity index (χ1) is 19.8. The van der Waals surface area contributed by atoms with E-state index in [9.17, 15) is 22.8 Å². The number of aromatic amines is 1. The van der Waals surface area contributed by atoms with Crippen molar-refractivity contribution in [3.63, 3.8) is 0 Å². The number of carbonyl (C=O) groups excluding carboxylic acids is 2. The lowest BCUT2D eigenvalue weighted by molar-refractivity contribution is -0.142. The lowest BCUT2D eigenvalue weighted by atomic mass is 10.0. The van der Waals surface area contributed by atoms with Gasteiger partial charge in [0.05, 0.1) is 36.1 Å². The second kappa shape index (κ2) is 11.1. The average molecular weight is 571 g/mol. The van der Waals surface area contributed by atoms with Gasteiger partial charge in [0.1, 0.15) is 24.1 Å². The Morgan fingerprint density at radius 2 is 1.88 bits per heavy atom. The molecule has 41 heavy (non-hydrogen) atoms. The molecule has 216 valence electrons. The molecule has 13 heteroatoms. The molecule has 6 rings (SSSR count). The Bertz CT molecular complexity index is 1390. The molecule has 0 unspecified atom stereocenters. The first kappa shape index (κ1) is 27.2. The predicted octanol–water partition coefficient (Wildman–Crippen LogP) is 2.73. The van der Waals surface area contributed by atoms with E-state index >= 15 is 0 Å². The number of fused-ring (bicyclic) bond motifs is 3. The fraction of sp³-hybridized carbons (Fsp3) is 0.429. The number of hydrogen-bond donors (Lipinski definition) is 1. The molecule has 1 aromatic heterocycles. The van der Waals surface area contributed by atoms with Crippen LogP contribution in [-0.4, -0.2) is 92.9 Å². The molecule has 10 nitrogen and oxygen atoms in total. The number of piperazine rings is 1. The number of benzene rings is 2. The highest BCUT2D eigenvalue weighted by Crippen LogP contribution is 2.36. The van der Waals surface area contributed by atoms with Crippen molar-refractivity contribution in [3.8, 4) is 5.75 Å². The Labute approximate surface area is 234 Å². The molecular weight excluding hydrogens is 541 g/mol. The highest BCUT2D eigenvalue weighted by molar-refractivity contribution is 6.00. The van der Waals surface area contributed by atoms with Crippen LogP contribution in [0.2, 0.25) is 0 Å². The Morgan fingerprint density at radius 1 is 1.05 bits per heavy atom. The van der Waals surface area contributed by atoms with E-state index in [1.807, 2.05) is 30.3 Å². The summed E-state index contributed by atoms with van der Waals surface area (Å²) in [4.78, 5) is 33.1. The van der Waals surface area contributed by atoms with Gasteiger partial charge in [-0.05, 0) is 23.8 Å². The number of rotatable bonds is 5. The molecule has 3 aliphatic rings. The largest absolute Gasteiger partial charge is 0.491 e. The van der Waals surface area contributed by atoms with Crippen LogP contribution < -0.4 is 4.74 Å². The molecule has 2 fully saturated rings. The Balaban J connectivity index is 1.30. The Hall–Kier alpha value is -3.97. The number of H-pyrrole nitrogens is 1. The smallest absolute Gasteiger partial charge is 0.416 e. The first-order valence-electron chi connectivity index (χ1n) is 13.4. The molecule has 1 N–H and O–H groups in total. The van der Waals surface area contributed by atoms with Gasteiger partial charge >= 0.3 is 6.18 Å². The zero-order valence-electron chi connectivity index (χ0n) is 22.1. The van der Waals surface area contributed by atoms with E-state index in [-0.39, 0.29) is 49.4 Å². The van der Waals surface area contributed by atoms with Crippen LogP contribution in [0.25, 0.3) is 0 Å². The average Bonchev–Trinajstić information content (AvgIpc) is 3.64. The summed E-state index contributed by atoms with van der Waals surface area (Å²) >= 11 is 0. The van der Waals surface area contributed by atoms with Crippen LogP contribution in [-0.2, 0) is 28.9 Å². The molecule has 0 saturated carbocycles. The summed E-state index contributed by atoms with van der Waals surface area (Å²) in [6.07, 6.45) is -3.44. The summed E-state index contributed by atoms with van der Waals surface area (Å²) in [5, 5.41) is 10.2. The highest BCUT2D eigenvalue weighted by Gasteiger charge is 2.46. The molecule has 2 amide bonds. The minimum Gasteiger partial charge on any atom is -0.491 e. The third kappa shape index (κ3) is 5.77. The summed E-state index contributed by atoms with van der Waals surface area (Å²) in [5.74, 6) is -0.893. The maximum absolute atomic E-state index is 14.0. The number of ether oxygens (including phenoxy) is 2. The second-order valence-electron chi connectivity index (χ2n) is 10.5. The Morgan fingerprint density at radius 3 is 2.63 bits per heavy atom. The third-order valence-corrected chi connectivity index (χ3v) is 7.81. The summed E-state index contributed by atoms with van der Waals surface area (Å²) < 4.78 is 52.8. The number of aromatic nitrogens is 3. The van der Waals surface area contributed by atoms with E-state index < -0.39 is 29.8 Å². The van der Waals surface area contributed by atoms with Crippen molar-refractivity contribution < 1.29 is 32.2 Å². The van der Waals surface area contributed by atoms with Gasteiger partial charge in [0.15, 0.2) is 0 Å². The van der Waals surface area contributed by atoms with Crippen molar-refractivity contribution in [3.05, 3.63) is 77.1 Å². The predicted molar refractivity (Wildman–Crippen MR) is 139 cm³/mol. The number of amides is 2. The van der Waals surface area contributed by atoms with Gasteiger partial charge in [-0.25, -0.2) is 0 Å². The summed E-state index contributed by atoms with van der Waals surface area (Å²) in [6.45, 7) is 2.48. The van der Waals surface area contributed by atoms with Crippen LogP contribution in [0.5, 0.6) is 5.75 Å². The first-order valence-corrected chi connectivity index (χ1v) is 13.4. The van der Waals surface area contributed by atoms with Crippen LogP contribution >= 0.6 is 0 Å². The Kier molecular flexibility index (Phi) is 7.39. The molecule has 4 heterocycles. The van der Waals surface area contributed by atoms with Gasteiger partial charge in [-0.1, -0.05) is 30.3 Å². The number of nitrogens with zero attached hydrogens (tertiary/aromatic N) is 5. The lowest BCUT2D eigenvalue weighted by Gasteiger charge is -2.43. The van der Waals surface area contributed by atoms with Gasteiger partial charge in [-0.15, -0.1) is 0 Å². The summed E-state index contributed by atoms with van der Waals surface area (Å²) in [6, 6.07) is 11.6. The maximum Gasteiger partial charge on any atom is 0.416 e. The van der Waals surface area contributed by atoms with E-state index in [1.165, 1.54) is 17.2 Å². The zero-order chi connectivity index (χ0) is 28.6. The minimum absolute atomic E-state index is 0.0431. The van der Waals surface area contributed by atoms with Gasteiger partial charge < -0.3 is 19.3 Å². The lowest BCUT2D eigenvalue weighted by Crippen LogP contribution is -2.61. The third-order valence-electron chi connectivity index (χ3n) is 7.81. The van der Waals surface area contributed by atoms with Gasteiger partial charge in [0, 0.05) is 39.1 Å². The van der Waals surface area contributed by atoms with Crippen molar-refractivity contribution in [1.82, 2.24) is 30.1 Å². The molecule has 0 spiro atoms. The van der Waals surface area contributed by atoms with Gasteiger partial charge in [-0.3, -0.25) is 14.5 Å². The number of carbonyl (C=O) groups is 2. The van der Waals surface area contributed by atoms with Crippen LogP contribution in [0.4, 0.5) is 13.2 Å². The summed E-state index contributed by atoms with van der Waals surface area (Å²) in [5.41, 5.74) is 0.510. The number of nitrogens with one attached hydrogen (secondary N) is 1. The molecule has 3 aliphatic heterocycles. The van der Waals surface area contributed by atoms with Gasteiger partial charge in [-0.2, -0.15) is 28.6 Å². The number of hydrogen-bond acceptors (Lipinski definition) is 7. The van der Waals surface area contributed by atoms with Crippen LogP contribution in [0.1, 0.15) is 33.6 Å². The molecule has 0 aliphatic carbocycles. The highest BCUT2D eigenvalue weighted by atomic mass is 19.4. The van der Waals surface area contributed by atoms with Crippen molar-refractivity contribution in [2.24, 2.45) is 0 Å². The zero-order valence-corrected chi connectivity index (χ0v) is 22.1. The minimum atomic E-state index is -4.65. The second-order valence-corrected chi connectivity index (χ2v) is 10.5. The number of alkyl halides is 3.